The van der Waals surface area contributed by atoms with E-state index in [1.54, 1.807) is 19.8 Å². The fourth-order valence-corrected chi connectivity index (χ4v) is 3.31. The summed E-state index contributed by atoms with van der Waals surface area (Å²) in [7, 11) is 1.77. The van der Waals surface area contributed by atoms with Crippen molar-refractivity contribution >= 4 is 17.5 Å². The highest BCUT2D eigenvalue weighted by atomic mass is 16.5. The van der Waals surface area contributed by atoms with Gasteiger partial charge in [-0.15, -0.1) is 0 Å². The van der Waals surface area contributed by atoms with E-state index < -0.39 is 0 Å². The van der Waals surface area contributed by atoms with E-state index in [9.17, 15) is 0 Å². The third-order valence-electron chi connectivity index (χ3n) is 4.91. The molecule has 0 bridgehead atoms. The molecule has 3 heterocycles. The first-order valence-electron chi connectivity index (χ1n) is 9.12. The minimum absolute atomic E-state index is 0.203. The van der Waals surface area contributed by atoms with Crippen LogP contribution in [0.3, 0.4) is 0 Å². The number of hydrogen-bond acceptors (Lipinski definition) is 8. The second-order valence-electron chi connectivity index (χ2n) is 7.01. The summed E-state index contributed by atoms with van der Waals surface area (Å²) in [5.41, 5.74) is 0.967. The summed E-state index contributed by atoms with van der Waals surface area (Å²) >= 11 is 0. The predicted molar refractivity (Wildman–Crippen MR) is 100 cm³/mol. The molecule has 26 heavy (non-hydrogen) atoms. The Morgan fingerprint density at radius 3 is 2.69 bits per heavy atom. The van der Waals surface area contributed by atoms with Gasteiger partial charge in [0.1, 0.15) is 30.1 Å². The molecule has 0 amide bonds. The standard InChI is InChI=1S/C18H25N7O/c1-12-5-18(23-10-20-12)25-9-15(26-2)6-14(25)8-19-16-7-17(22-11-21-16)24-13-3-4-13/h5,7,10-11,13-15H,3-4,6,8-9H2,1-2H3,(H2,19,21,22,24)/t14-,15-/m0/s1. The summed E-state index contributed by atoms with van der Waals surface area (Å²) < 4.78 is 5.60. The average Bonchev–Trinajstić information content (AvgIpc) is 3.36. The summed E-state index contributed by atoms with van der Waals surface area (Å²) in [5.74, 6) is 2.67. The lowest BCUT2D eigenvalue weighted by Gasteiger charge is -2.25. The van der Waals surface area contributed by atoms with Gasteiger partial charge in [0.2, 0.25) is 0 Å². The van der Waals surface area contributed by atoms with Crippen LogP contribution in [0.2, 0.25) is 0 Å². The molecule has 0 aromatic carbocycles. The fourth-order valence-electron chi connectivity index (χ4n) is 3.31. The van der Waals surface area contributed by atoms with Crippen LogP contribution in [-0.2, 0) is 4.74 Å². The van der Waals surface area contributed by atoms with Gasteiger partial charge in [0.05, 0.1) is 12.1 Å². The van der Waals surface area contributed by atoms with Crippen molar-refractivity contribution in [2.45, 2.75) is 44.4 Å². The quantitative estimate of drug-likeness (QED) is 0.778. The highest BCUT2D eigenvalue weighted by Gasteiger charge is 2.33. The third kappa shape index (κ3) is 4.01. The van der Waals surface area contributed by atoms with Gasteiger partial charge in [-0.1, -0.05) is 0 Å². The number of methoxy groups -OCH3 is 1. The first kappa shape index (κ1) is 17.0. The van der Waals surface area contributed by atoms with E-state index in [1.165, 1.54) is 12.8 Å². The van der Waals surface area contributed by atoms with Gasteiger partial charge in [0.15, 0.2) is 0 Å². The van der Waals surface area contributed by atoms with E-state index in [0.717, 1.165) is 42.7 Å². The molecular weight excluding hydrogens is 330 g/mol. The smallest absolute Gasteiger partial charge is 0.132 e. The lowest BCUT2D eigenvalue weighted by atomic mass is 10.2. The molecule has 2 aromatic rings. The topological polar surface area (TPSA) is 88.1 Å². The van der Waals surface area contributed by atoms with Crippen molar-refractivity contribution < 1.29 is 4.74 Å². The Bertz CT molecular complexity index is 752. The minimum Gasteiger partial charge on any atom is -0.380 e. The zero-order valence-electron chi connectivity index (χ0n) is 15.2. The minimum atomic E-state index is 0.203. The van der Waals surface area contributed by atoms with Crippen LogP contribution in [0.5, 0.6) is 0 Å². The van der Waals surface area contributed by atoms with Crippen LogP contribution < -0.4 is 15.5 Å². The van der Waals surface area contributed by atoms with Gasteiger partial charge < -0.3 is 20.3 Å². The number of rotatable bonds is 7. The van der Waals surface area contributed by atoms with Crippen LogP contribution in [-0.4, -0.2) is 58.3 Å². The third-order valence-corrected chi connectivity index (χ3v) is 4.91. The molecule has 2 aliphatic rings. The SMILES string of the molecule is CO[C@H]1C[C@@H](CNc2cc(NC3CC3)ncn2)N(c2cc(C)ncn2)C1. The van der Waals surface area contributed by atoms with E-state index in [-0.39, 0.29) is 12.1 Å². The van der Waals surface area contributed by atoms with Gasteiger partial charge in [0.25, 0.3) is 0 Å². The molecule has 0 spiro atoms. The molecule has 138 valence electrons. The van der Waals surface area contributed by atoms with E-state index in [4.69, 9.17) is 4.74 Å². The van der Waals surface area contributed by atoms with Gasteiger partial charge in [-0.05, 0) is 26.2 Å². The van der Waals surface area contributed by atoms with Crippen molar-refractivity contribution in [1.82, 2.24) is 19.9 Å². The second kappa shape index (κ2) is 7.41. The van der Waals surface area contributed by atoms with Crippen LogP contribution in [0.25, 0.3) is 0 Å². The molecule has 8 nitrogen and oxygen atoms in total. The Kier molecular flexibility index (Phi) is 4.83. The molecule has 4 rings (SSSR count). The van der Waals surface area contributed by atoms with Gasteiger partial charge in [-0.25, -0.2) is 19.9 Å². The Hall–Kier alpha value is -2.48. The van der Waals surface area contributed by atoms with Crippen LogP contribution in [0.15, 0.2) is 24.8 Å². The number of nitrogens with one attached hydrogen (secondary N) is 2. The molecule has 1 saturated heterocycles. The summed E-state index contributed by atoms with van der Waals surface area (Å²) in [6.45, 7) is 3.58. The molecule has 0 radical (unpaired) electrons. The van der Waals surface area contributed by atoms with Crippen molar-refractivity contribution in [3.05, 3.63) is 30.5 Å². The van der Waals surface area contributed by atoms with Crippen LogP contribution >= 0.6 is 0 Å². The molecule has 2 aromatic heterocycles. The van der Waals surface area contributed by atoms with E-state index in [0.29, 0.717) is 6.04 Å². The van der Waals surface area contributed by atoms with Crippen molar-refractivity contribution in [1.29, 1.82) is 0 Å². The monoisotopic (exact) mass is 355 g/mol. The summed E-state index contributed by atoms with van der Waals surface area (Å²) in [6.07, 6.45) is 6.82. The zero-order valence-corrected chi connectivity index (χ0v) is 15.2. The predicted octanol–water partition coefficient (Wildman–Crippen LogP) is 1.86. The molecule has 1 aliphatic carbocycles. The molecule has 2 N–H and O–H groups in total. The Balaban J connectivity index is 1.43. The number of aromatic nitrogens is 4. The van der Waals surface area contributed by atoms with Crippen molar-refractivity contribution in [2.75, 3.05) is 35.7 Å². The number of anilines is 3. The maximum absolute atomic E-state index is 5.60. The van der Waals surface area contributed by atoms with Crippen LogP contribution in [0.4, 0.5) is 17.5 Å². The van der Waals surface area contributed by atoms with E-state index in [2.05, 4.69) is 35.5 Å². The number of ether oxygens (including phenoxy) is 1. The normalized spacial score (nSPS) is 22.5. The van der Waals surface area contributed by atoms with Gasteiger partial charge >= 0.3 is 0 Å². The summed E-state index contributed by atoms with van der Waals surface area (Å²) in [6, 6.07) is 4.85. The summed E-state index contributed by atoms with van der Waals surface area (Å²) in [5, 5.41) is 6.85. The highest BCUT2D eigenvalue weighted by molar-refractivity contribution is 5.48. The van der Waals surface area contributed by atoms with Crippen molar-refractivity contribution in [3.63, 3.8) is 0 Å². The fraction of sp³-hybridized carbons (Fsp3) is 0.556. The van der Waals surface area contributed by atoms with Crippen LogP contribution in [0.1, 0.15) is 25.0 Å². The van der Waals surface area contributed by atoms with Crippen LogP contribution in [0, 0.1) is 6.92 Å². The molecule has 0 unspecified atom stereocenters. The average molecular weight is 355 g/mol. The zero-order chi connectivity index (χ0) is 17.9. The molecule has 2 fully saturated rings. The van der Waals surface area contributed by atoms with Crippen molar-refractivity contribution in [2.24, 2.45) is 0 Å². The first-order chi connectivity index (χ1) is 12.7. The molecule has 2 atom stereocenters. The maximum atomic E-state index is 5.60. The van der Waals surface area contributed by atoms with E-state index in [1.807, 2.05) is 19.1 Å². The van der Waals surface area contributed by atoms with Gasteiger partial charge in [0, 0.05) is 44.1 Å². The maximum Gasteiger partial charge on any atom is 0.132 e. The van der Waals surface area contributed by atoms with Gasteiger partial charge in [-0.2, -0.15) is 0 Å². The van der Waals surface area contributed by atoms with Gasteiger partial charge in [-0.3, -0.25) is 0 Å². The Morgan fingerprint density at radius 2 is 1.92 bits per heavy atom. The van der Waals surface area contributed by atoms with E-state index >= 15 is 0 Å². The highest BCUT2D eigenvalue weighted by Crippen LogP contribution is 2.27. The largest absolute Gasteiger partial charge is 0.380 e. The molecule has 1 aliphatic heterocycles. The molecule has 1 saturated carbocycles. The Labute approximate surface area is 153 Å². The number of aryl methyl sites for hydroxylation is 1. The Morgan fingerprint density at radius 1 is 1.12 bits per heavy atom. The number of nitrogens with zero attached hydrogens (tertiary/aromatic N) is 5. The lowest BCUT2D eigenvalue weighted by Crippen LogP contribution is -2.35. The second-order valence-corrected chi connectivity index (χ2v) is 7.01. The lowest BCUT2D eigenvalue weighted by molar-refractivity contribution is 0.118. The first-order valence-corrected chi connectivity index (χ1v) is 9.12. The summed E-state index contributed by atoms with van der Waals surface area (Å²) in [4.78, 5) is 19.6. The van der Waals surface area contributed by atoms with Crippen molar-refractivity contribution in [3.8, 4) is 0 Å². The molecule has 8 heteroatoms. The molecular formula is C18H25N7O. The number of hydrogen-bond donors (Lipinski definition) is 2.